The quantitative estimate of drug-likeness (QED) is 0.255. The van der Waals surface area contributed by atoms with E-state index in [-0.39, 0.29) is 51.9 Å². The molecule has 0 aromatic heterocycles. The number of rotatable bonds is 3. The predicted molar refractivity (Wildman–Crippen MR) is 212 cm³/mol. The van der Waals surface area contributed by atoms with E-state index in [1.54, 1.807) is 27.8 Å². The second-order valence-corrected chi connectivity index (χ2v) is 26.7. The number of allylic oxidation sites excluding steroid dienone is 8. The molecule has 0 radical (unpaired) electrons. The van der Waals surface area contributed by atoms with E-state index in [1.807, 2.05) is 9.77 Å². The average molecular weight is 803 g/mol. The van der Waals surface area contributed by atoms with E-state index in [1.165, 1.54) is 71.9 Å². The van der Waals surface area contributed by atoms with Crippen molar-refractivity contribution in [1.82, 2.24) is 0 Å². The molecule has 0 amide bonds. The Morgan fingerprint density at radius 1 is 0.686 bits per heavy atom. The van der Waals surface area contributed by atoms with Gasteiger partial charge in [-0.3, -0.25) is 0 Å². The molecule has 0 heterocycles. The van der Waals surface area contributed by atoms with Gasteiger partial charge in [0.15, 0.2) is 0 Å². The molecular weight excluding hydrogens is 739 g/mol. The Morgan fingerprint density at radius 3 is 1.78 bits per heavy atom. The maximum atomic E-state index is 2.76. The van der Waals surface area contributed by atoms with E-state index in [2.05, 4.69) is 139 Å². The molecule has 3 heteroatoms. The zero-order valence-electron chi connectivity index (χ0n) is 34.3. The first-order valence-corrected chi connectivity index (χ1v) is 23.3. The monoisotopic (exact) mass is 800 g/mol. The Bertz CT molecular complexity index is 1920. The van der Waals surface area contributed by atoms with Crippen LogP contribution in [-0.4, -0.2) is 3.21 Å². The summed E-state index contributed by atoms with van der Waals surface area (Å²) in [6, 6.07) is 10.6. The first kappa shape index (κ1) is 40.9. The minimum absolute atomic E-state index is 0. The fraction of sp³-hybridized carbons (Fsp3) is 0.562. The molecule has 0 saturated heterocycles. The van der Waals surface area contributed by atoms with Gasteiger partial charge in [-0.2, -0.15) is 0 Å². The fourth-order valence-electron chi connectivity index (χ4n) is 10.1. The topological polar surface area (TPSA) is 0 Å². The number of hydrogen-bond donors (Lipinski definition) is 0. The second kappa shape index (κ2) is 13.5. The van der Waals surface area contributed by atoms with Crippen LogP contribution in [0.5, 0.6) is 0 Å². The molecule has 1 saturated carbocycles. The van der Waals surface area contributed by atoms with E-state index in [0.717, 1.165) is 6.42 Å². The van der Waals surface area contributed by atoms with Crippen LogP contribution in [0.25, 0.3) is 22.3 Å². The van der Waals surface area contributed by atoms with Gasteiger partial charge in [0.1, 0.15) is 0 Å². The molecule has 0 N–H and O–H groups in total. The molecule has 0 spiro atoms. The van der Waals surface area contributed by atoms with Gasteiger partial charge in [0.2, 0.25) is 0 Å². The van der Waals surface area contributed by atoms with E-state index >= 15 is 0 Å². The average Bonchev–Trinajstić information content (AvgIpc) is 3.71. The molecule has 0 aliphatic heterocycles. The van der Waals surface area contributed by atoms with Crippen molar-refractivity contribution in [3.63, 3.8) is 0 Å². The molecule has 5 aliphatic carbocycles. The SMILES string of the molecule is CCC1C=C(C(C)(C)C)C=[C]1[Zr+2]([C]1=C(C(C)(C)C)c2cc3c(cc2C1(C)C)Cc1cc2c(cc1-3)C(C(C)(C)C)=CC2(C)C)=[C]1CCCCC1.[Cl-].[Cl-]. The van der Waals surface area contributed by atoms with Crippen LogP contribution in [0.2, 0.25) is 0 Å². The maximum absolute atomic E-state index is 2.76. The van der Waals surface area contributed by atoms with Gasteiger partial charge in [-0.25, -0.2) is 0 Å². The standard InChI is InChI=1S/C31H37.C11H17.C6H10.2ClH.Zr/c1-28(2,3)26-16-30(7,8)24-12-18-11-19-13-25-23(15-21(19)20(18)14-22(24)26)27(29(4,5)6)17-31(25,9)10;1-5-9-6-7-10(8-9)11(2,3)4;1-2-4-6-5-3-1;;;/h12-16H,11H2,1-10H3;7-9H,5H2,1-4H3;1-5H2;2*1H;/q;;;;;+2/p-2. The molecule has 1 unspecified atom stereocenters. The molecular formula is C48H64Cl2Zr. The Hall–Kier alpha value is -1.27. The zero-order chi connectivity index (χ0) is 35.6. The van der Waals surface area contributed by atoms with Crippen molar-refractivity contribution >= 4 is 14.4 Å². The number of benzene rings is 2. The van der Waals surface area contributed by atoms with Crippen LogP contribution in [0.1, 0.15) is 169 Å². The Balaban J connectivity index is 0.00000252. The van der Waals surface area contributed by atoms with E-state index in [0.29, 0.717) is 5.92 Å². The second-order valence-electron chi connectivity index (χ2n) is 20.5. The molecule has 51 heavy (non-hydrogen) atoms. The third-order valence-electron chi connectivity index (χ3n) is 12.8. The largest absolute Gasteiger partial charge is 1.00 e. The van der Waals surface area contributed by atoms with Crippen LogP contribution in [-0.2, 0) is 38.5 Å². The number of fused-ring (bicyclic) bond motifs is 5. The summed E-state index contributed by atoms with van der Waals surface area (Å²) in [6.07, 6.45) is 17.2. The van der Waals surface area contributed by atoms with Gasteiger partial charge in [-0.15, -0.1) is 0 Å². The summed E-state index contributed by atoms with van der Waals surface area (Å²) in [6.45, 7) is 34.5. The first-order chi connectivity index (χ1) is 22.6. The summed E-state index contributed by atoms with van der Waals surface area (Å²) in [5.74, 6) is 0.611. The molecule has 2 aromatic carbocycles. The third kappa shape index (κ3) is 6.73. The minimum Gasteiger partial charge on any atom is -1.00 e. The van der Waals surface area contributed by atoms with Crippen molar-refractivity contribution in [2.75, 3.05) is 0 Å². The Morgan fingerprint density at radius 2 is 1.25 bits per heavy atom. The Labute approximate surface area is 332 Å². The number of hydrogen-bond acceptors (Lipinski definition) is 0. The molecule has 1 fully saturated rings. The maximum Gasteiger partial charge on any atom is -1.00 e. The van der Waals surface area contributed by atoms with Crippen molar-refractivity contribution in [2.24, 2.45) is 22.2 Å². The molecule has 5 aliphatic rings. The van der Waals surface area contributed by atoms with E-state index in [9.17, 15) is 0 Å². The molecule has 7 rings (SSSR count). The normalized spacial score (nSPS) is 21.4. The van der Waals surface area contributed by atoms with Crippen LogP contribution in [0.3, 0.4) is 0 Å². The van der Waals surface area contributed by atoms with Crippen molar-refractivity contribution in [2.45, 2.75) is 153 Å². The van der Waals surface area contributed by atoms with Crippen molar-refractivity contribution in [3.8, 4) is 11.1 Å². The van der Waals surface area contributed by atoms with Crippen molar-refractivity contribution in [3.05, 3.63) is 88.0 Å². The summed E-state index contributed by atoms with van der Waals surface area (Å²) < 4.78 is 5.82. The van der Waals surface area contributed by atoms with Crippen LogP contribution >= 0.6 is 0 Å². The fourth-order valence-corrected chi connectivity index (χ4v) is 20.9. The molecule has 2 aromatic rings. The van der Waals surface area contributed by atoms with Crippen LogP contribution < -0.4 is 24.8 Å². The summed E-state index contributed by atoms with van der Waals surface area (Å²) in [7, 11) is 0. The van der Waals surface area contributed by atoms with Crippen LogP contribution in [0.15, 0.2) is 54.6 Å². The van der Waals surface area contributed by atoms with Gasteiger partial charge < -0.3 is 24.8 Å². The molecule has 1 atom stereocenters. The van der Waals surface area contributed by atoms with Gasteiger partial charge in [0, 0.05) is 0 Å². The third-order valence-corrected chi connectivity index (χ3v) is 21.8. The Kier molecular flexibility index (Phi) is 10.8. The van der Waals surface area contributed by atoms with E-state index < -0.39 is 21.3 Å². The summed E-state index contributed by atoms with van der Waals surface area (Å²) in [5.41, 5.74) is 17.7. The van der Waals surface area contributed by atoms with E-state index in [4.69, 9.17) is 0 Å². The van der Waals surface area contributed by atoms with Gasteiger partial charge in [-0.05, 0) is 0 Å². The van der Waals surface area contributed by atoms with Crippen molar-refractivity contribution < 1.29 is 46.1 Å². The van der Waals surface area contributed by atoms with Crippen LogP contribution in [0.4, 0.5) is 0 Å². The zero-order valence-corrected chi connectivity index (χ0v) is 38.3. The molecule has 0 nitrogen and oxygen atoms in total. The number of halogens is 2. The summed E-state index contributed by atoms with van der Waals surface area (Å²) in [5, 5.41) is 0. The smallest absolute Gasteiger partial charge is 1.00 e. The molecule has 0 bridgehead atoms. The van der Waals surface area contributed by atoms with Gasteiger partial charge in [0.25, 0.3) is 0 Å². The first-order valence-electron chi connectivity index (χ1n) is 19.7. The van der Waals surface area contributed by atoms with Crippen LogP contribution in [0, 0.1) is 22.2 Å². The van der Waals surface area contributed by atoms with Gasteiger partial charge >= 0.3 is 310 Å². The molecule has 274 valence electrons. The summed E-state index contributed by atoms with van der Waals surface area (Å²) in [4.78, 5) is 0. The minimum atomic E-state index is -2.47. The predicted octanol–water partition coefficient (Wildman–Crippen LogP) is 7.69. The van der Waals surface area contributed by atoms with Gasteiger partial charge in [-0.1, -0.05) is 0 Å². The van der Waals surface area contributed by atoms with Gasteiger partial charge in [0.05, 0.1) is 0 Å². The van der Waals surface area contributed by atoms with Crippen molar-refractivity contribution in [1.29, 1.82) is 0 Å². The summed E-state index contributed by atoms with van der Waals surface area (Å²) >= 11 is -2.47.